The summed E-state index contributed by atoms with van der Waals surface area (Å²) < 4.78 is 5.12. The van der Waals surface area contributed by atoms with Crippen molar-refractivity contribution in [2.24, 2.45) is 10.9 Å². The van der Waals surface area contributed by atoms with Gasteiger partial charge < -0.3 is 15.7 Å². The SMILES string of the molecule is CCC(C)N(CCCCC(N)=NO)CCOC. The van der Waals surface area contributed by atoms with Crippen LogP contribution in [0.1, 0.15) is 39.5 Å². The van der Waals surface area contributed by atoms with E-state index >= 15 is 0 Å². The molecule has 0 amide bonds. The third-order valence-electron chi connectivity index (χ3n) is 3.05. The van der Waals surface area contributed by atoms with Crippen LogP contribution >= 0.6 is 0 Å². The second-order valence-electron chi connectivity index (χ2n) is 4.33. The van der Waals surface area contributed by atoms with Crippen LogP contribution < -0.4 is 5.73 Å². The molecule has 0 aliphatic rings. The molecule has 0 heterocycles. The quantitative estimate of drug-likeness (QED) is 0.202. The first-order valence-corrected chi connectivity index (χ1v) is 6.35. The predicted octanol–water partition coefficient (Wildman–Crippen LogP) is 1.65. The zero-order chi connectivity index (χ0) is 13.1. The Kier molecular flexibility index (Phi) is 9.86. The maximum absolute atomic E-state index is 8.42. The van der Waals surface area contributed by atoms with Gasteiger partial charge in [-0.3, -0.25) is 4.90 Å². The van der Waals surface area contributed by atoms with E-state index in [2.05, 4.69) is 23.9 Å². The van der Waals surface area contributed by atoms with Crippen molar-refractivity contribution in [2.45, 2.75) is 45.6 Å². The Morgan fingerprint density at radius 2 is 2.12 bits per heavy atom. The molecular formula is C12H27N3O2. The third-order valence-corrected chi connectivity index (χ3v) is 3.05. The van der Waals surface area contributed by atoms with Crippen LogP contribution in [0, 0.1) is 0 Å². The lowest BCUT2D eigenvalue weighted by atomic mass is 10.1. The van der Waals surface area contributed by atoms with Gasteiger partial charge in [-0.15, -0.1) is 0 Å². The second kappa shape index (κ2) is 10.4. The standard InChI is InChI=1S/C12H27N3O2/c1-4-11(2)15(9-10-17-3)8-6-5-7-12(13)14-16/h11,16H,4-10H2,1-3H3,(H2,13,14). The van der Waals surface area contributed by atoms with Crippen LogP contribution in [-0.4, -0.2) is 48.8 Å². The first-order chi connectivity index (χ1) is 8.15. The Morgan fingerprint density at radius 3 is 2.65 bits per heavy atom. The molecule has 5 nitrogen and oxygen atoms in total. The molecule has 5 heteroatoms. The molecule has 3 N–H and O–H groups in total. The number of nitrogens with zero attached hydrogens (tertiary/aromatic N) is 2. The molecule has 0 fully saturated rings. The van der Waals surface area contributed by atoms with Gasteiger partial charge in [0.2, 0.25) is 0 Å². The summed E-state index contributed by atoms with van der Waals surface area (Å²) in [5.41, 5.74) is 5.42. The lowest BCUT2D eigenvalue weighted by Crippen LogP contribution is -2.36. The highest BCUT2D eigenvalue weighted by molar-refractivity contribution is 5.79. The van der Waals surface area contributed by atoms with Gasteiger partial charge in [-0.1, -0.05) is 12.1 Å². The number of oxime groups is 1. The summed E-state index contributed by atoms with van der Waals surface area (Å²) in [6, 6.07) is 0.578. The number of amidine groups is 1. The molecule has 0 aliphatic heterocycles. The maximum atomic E-state index is 8.42. The van der Waals surface area contributed by atoms with Gasteiger partial charge in [-0.25, -0.2) is 0 Å². The van der Waals surface area contributed by atoms with E-state index in [9.17, 15) is 0 Å². The van der Waals surface area contributed by atoms with Crippen molar-refractivity contribution in [1.29, 1.82) is 0 Å². The number of methoxy groups -OCH3 is 1. The monoisotopic (exact) mass is 245 g/mol. The minimum absolute atomic E-state index is 0.317. The van der Waals surface area contributed by atoms with Crippen molar-refractivity contribution in [1.82, 2.24) is 4.90 Å². The molecule has 102 valence electrons. The summed E-state index contributed by atoms with van der Waals surface area (Å²) in [6.07, 6.45) is 3.82. The van der Waals surface area contributed by atoms with Crippen molar-refractivity contribution >= 4 is 5.84 Å². The minimum Gasteiger partial charge on any atom is -0.409 e. The van der Waals surface area contributed by atoms with Crippen molar-refractivity contribution in [2.75, 3.05) is 26.8 Å². The van der Waals surface area contributed by atoms with Crippen LogP contribution in [0.3, 0.4) is 0 Å². The first-order valence-electron chi connectivity index (χ1n) is 6.35. The predicted molar refractivity (Wildman–Crippen MR) is 70.5 cm³/mol. The molecule has 0 aromatic carbocycles. The highest BCUT2D eigenvalue weighted by atomic mass is 16.5. The van der Waals surface area contributed by atoms with Crippen LogP contribution in [0.5, 0.6) is 0 Å². The lowest BCUT2D eigenvalue weighted by Gasteiger charge is -2.28. The van der Waals surface area contributed by atoms with Gasteiger partial charge in [0, 0.05) is 26.1 Å². The van der Waals surface area contributed by atoms with Crippen molar-refractivity contribution < 1.29 is 9.94 Å². The van der Waals surface area contributed by atoms with E-state index in [-0.39, 0.29) is 0 Å². The highest BCUT2D eigenvalue weighted by Crippen LogP contribution is 2.06. The molecule has 0 saturated carbocycles. The van der Waals surface area contributed by atoms with Crippen LogP contribution in [0.15, 0.2) is 5.16 Å². The fourth-order valence-electron chi connectivity index (χ4n) is 1.69. The van der Waals surface area contributed by atoms with Gasteiger partial charge in [0.1, 0.15) is 5.84 Å². The van der Waals surface area contributed by atoms with E-state index in [0.717, 1.165) is 39.0 Å². The minimum atomic E-state index is 0.317. The Bertz CT molecular complexity index is 210. The number of ether oxygens (including phenoxy) is 1. The van der Waals surface area contributed by atoms with Gasteiger partial charge in [-0.05, 0) is 32.7 Å². The molecule has 0 spiro atoms. The first kappa shape index (κ1) is 16.2. The number of hydrogen-bond donors (Lipinski definition) is 2. The zero-order valence-electron chi connectivity index (χ0n) is 11.4. The summed E-state index contributed by atoms with van der Waals surface area (Å²) in [5.74, 6) is 0.317. The van der Waals surface area contributed by atoms with Crippen LogP contribution in [-0.2, 0) is 4.74 Å². The largest absolute Gasteiger partial charge is 0.409 e. The fourth-order valence-corrected chi connectivity index (χ4v) is 1.69. The molecule has 0 aromatic heterocycles. The fraction of sp³-hybridized carbons (Fsp3) is 0.917. The normalized spacial score (nSPS) is 14.2. The molecule has 0 aromatic rings. The number of unbranched alkanes of at least 4 members (excludes halogenated alkanes) is 1. The Labute approximate surface area is 105 Å². The maximum Gasteiger partial charge on any atom is 0.139 e. The molecule has 0 radical (unpaired) electrons. The molecule has 0 rings (SSSR count). The van der Waals surface area contributed by atoms with Gasteiger partial charge in [-0.2, -0.15) is 0 Å². The van der Waals surface area contributed by atoms with E-state index in [1.54, 1.807) is 7.11 Å². The van der Waals surface area contributed by atoms with E-state index < -0.39 is 0 Å². The van der Waals surface area contributed by atoms with Gasteiger partial charge in [0.05, 0.1) is 6.61 Å². The van der Waals surface area contributed by atoms with E-state index in [1.165, 1.54) is 0 Å². The Hall–Kier alpha value is -0.810. The van der Waals surface area contributed by atoms with Gasteiger partial charge in [0.15, 0.2) is 0 Å². The van der Waals surface area contributed by atoms with Crippen molar-refractivity contribution in [3.63, 3.8) is 0 Å². The molecule has 0 bridgehead atoms. The molecule has 1 atom stereocenters. The second-order valence-corrected chi connectivity index (χ2v) is 4.33. The molecule has 0 saturated heterocycles. The summed E-state index contributed by atoms with van der Waals surface area (Å²) in [5, 5.41) is 11.4. The Balaban J connectivity index is 3.82. The topological polar surface area (TPSA) is 71.1 Å². The van der Waals surface area contributed by atoms with Crippen LogP contribution in [0.4, 0.5) is 0 Å². The van der Waals surface area contributed by atoms with Gasteiger partial charge >= 0.3 is 0 Å². The number of nitrogens with two attached hydrogens (primary N) is 1. The lowest BCUT2D eigenvalue weighted by molar-refractivity contribution is 0.121. The van der Waals surface area contributed by atoms with Gasteiger partial charge in [0.25, 0.3) is 0 Å². The summed E-state index contributed by atoms with van der Waals surface area (Å²) in [7, 11) is 1.73. The summed E-state index contributed by atoms with van der Waals surface area (Å²) in [4.78, 5) is 2.43. The van der Waals surface area contributed by atoms with E-state index in [0.29, 0.717) is 18.3 Å². The van der Waals surface area contributed by atoms with Crippen molar-refractivity contribution in [3.05, 3.63) is 0 Å². The molecule has 1 unspecified atom stereocenters. The average molecular weight is 245 g/mol. The highest BCUT2D eigenvalue weighted by Gasteiger charge is 2.11. The summed E-state index contributed by atoms with van der Waals surface area (Å²) >= 11 is 0. The van der Waals surface area contributed by atoms with Crippen LogP contribution in [0.25, 0.3) is 0 Å². The molecule has 17 heavy (non-hydrogen) atoms. The number of hydrogen-bond acceptors (Lipinski definition) is 4. The zero-order valence-corrected chi connectivity index (χ0v) is 11.4. The average Bonchev–Trinajstić information content (AvgIpc) is 2.36. The third kappa shape index (κ3) is 7.99. The Morgan fingerprint density at radius 1 is 1.41 bits per heavy atom. The van der Waals surface area contributed by atoms with Crippen molar-refractivity contribution in [3.8, 4) is 0 Å². The molecule has 0 aliphatic carbocycles. The smallest absolute Gasteiger partial charge is 0.139 e. The van der Waals surface area contributed by atoms with E-state index in [1.807, 2.05) is 0 Å². The summed E-state index contributed by atoms with van der Waals surface area (Å²) in [6.45, 7) is 7.21. The van der Waals surface area contributed by atoms with E-state index in [4.69, 9.17) is 15.7 Å². The van der Waals surface area contributed by atoms with Crippen LogP contribution in [0.2, 0.25) is 0 Å². The number of rotatable bonds is 10. The molecular weight excluding hydrogens is 218 g/mol.